The average molecular weight is 365 g/mol. The van der Waals surface area contributed by atoms with E-state index in [1.807, 2.05) is 48.5 Å². The third kappa shape index (κ3) is 3.43. The van der Waals surface area contributed by atoms with Gasteiger partial charge in [0.15, 0.2) is 11.6 Å². The molecule has 0 radical (unpaired) electrons. The normalized spacial score (nSPS) is 10.6. The summed E-state index contributed by atoms with van der Waals surface area (Å²) < 4.78 is 6.65. The summed E-state index contributed by atoms with van der Waals surface area (Å²) in [5.41, 5.74) is 0.797. The summed E-state index contributed by atoms with van der Waals surface area (Å²) in [6.07, 6.45) is 0. The van der Waals surface area contributed by atoms with Gasteiger partial charge in [0, 0.05) is 10.0 Å². The Balaban J connectivity index is 1.71. The van der Waals surface area contributed by atoms with Gasteiger partial charge < -0.3 is 4.74 Å². The van der Waals surface area contributed by atoms with Gasteiger partial charge in [0.1, 0.15) is 12.4 Å². The number of ether oxygens (including phenoxy) is 1. The van der Waals surface area contributed by atoms with Crippen molar-refractivity contribution >= 4 is 27.5 Å². The number of hydrogen-bond acceptors (Lipinski definition) is 3. The van der Waals surface area contributed by atoms with E-state index < -0.39 is 0 Å². The highest BCUT2D eigenvalue weighted by atomic mass is 79.9. The molecule has 1 N–H and O–H groups in total. The van der Waals surface area contributed by atoms with Crippen LogP contribution in [-0.2, 0) is 6.61 Å². The molecule has 4 nitrogen and oxygen atoms in total. The van der Waals surface area contributed by atoms with E-state index in [0.717, 1.165) is 15.8 Å². The molecule has 0 aliphatic rings. The number of rotatable bonds is 4. The minimum absolute atomic E-state index is 0.319. The van der Waals surface area contributed by atoms with Gasteiger partial charge in [0.2, 0.25) is 0 Å². The lowest BCUT2D eigenvalue weighted by atomic mass is 10.2. The Morgan fingerprint density at radius 2 is 1.86 bits per heavy atom. The fraction of sp³-hybridized carbons (Fsp3) is 0.0667. The first-order valence-corrected chi connectivity index (χ1v) is 7.44. The molecule has 0 spiro atoms. The molecule has 0 saturated carbocycles. The molecule has 0 saturated heterocycles. The standard InChI is InChI=1S/C15H11BrClN3O/c16-10-5-7-11(8-6-10)21-9-14-18-15(20-19-14)12-3-1-2-4-13(12)17/h1-8H,9H2,(H,18,19,20). The van der Waals surface area contributed by atoms with E-state index in [0.29, 0.717) is 23.3 Å². The van der Waals surface area contributed by atoms with Gasteiger partial charge in [-0.05, 0) is 36.4 Å². The molecule has 3 aromatic rings. The predicted molar refractivity (Wildman–Crippen MR) is 85.3 cm³/mol. The second-order valence-corrected chi connectivity index (χ2v) is 5.65. The van der Waals surface area contributed by atoms with Gasteiger partial charge in [-0.2, -0.15) is 5.10 Å². The summed E-state index contributed by atoms with van der Waals surface area (Å²) in [5.74, 6) is 1.98. The molecule has 0 fully saturated rings. The van der Waals surface area contributed by atoms with Crippen molar-refractivity contribution in [1.29, 1.82) is 0 Å². The van der Waals surface area contributed by atoms with Crippen LogP contribution in [0.2, 0.25) is 5.02 Å². The van der Waals surface area contributed by atoms with Gasteiger partial charge >= 0.3 is 0 Å². The first kappa shape index (κ1) is 14.1. The van der Waals surface area contributed by atoms with Gasteiger partial charge in [-0.3, -0.25) is 5.10 Å². The number of nitrogens with zero attached hydrogens (tertiary/aromatic N) is 2. The van der Waals surface area contributed by atoms with E-state index in [1.54, 1.807) is 0 Å². The number of halogens is 2. The molecule has 0 aliphatic heterocycles. The Morgan fingerprint density at radius 3 is 2.62 bits per heavy atom. The van der Waals surface area contributed by atoms with Gasteiger partial charge in [-0.25, -0.2) is 4.98 Å². The Hall–Kier alpha value is -1.85. The largest absolute Gasteiger partial charge is 0.486 e. The maximum atomic E-state index is 6.13. The van der Waals surface area contributed by atoms with Crippen molar-refractivity contribution in [3.05, 3.63) is 63.9 Å². The van der Waals surface area contributed by atoms with Gasteiger partial charge in [0.05, 0.1) is 5.02 Å². The highest BCUT2D eigenvalue weighted by molar-refractivity contribution is 9.10. The summed E-state index contributed by atoms with van der Waals surface area (Å²) in [5, 5.41) is 7.65. The lowest BCUT2D eigenvalue weighted by molar-refractivity contribution is 0.296. The number of H-pyrrole nitrogens is 1. The third-order valence-electron chi connectivity index (χ3n) is 2.84. The summed E-state index contributed by atoms with van der Waals surface area (Å²) in [6.45, 7) is 0.319. The van der Waals surface area contributed by atoms with E-state index >= 15 is 0 Å². The summed E-state index contributed by atoms with van der Waals surface area (Å²) in [6, 6.07) is 15.1. The van der Waals surface area contributed by atoms with E-state index in [2.05, 4.69) is 31.1 Å². The Morgan fingerprint density at radius 1 is 1.10 bits per heavy atom. The molecule has 0 unspecified atom stereocenters. The first-order chi connectivity index (χ1) is 10.2. The molecule has 1 aromatic heterocycles. The van der Waals surface area contributed by atoms with E-state index in [-0.39, 0.29) is 0 Å². The number of nitrogens with one attached hydrogen (secondary N) is 1. The molecule has 2 aromatic carbocycles. The molecule has 0 bridgehead atoms. The number of aromatic nitrogens is 3. The minimum atomic E-state index is 0.319. The van der Waals surface area contributed by atoms with Crippen molar-refractivity contribution in [2.24, 2.45) is 0 Å². The monoisotopic (exact) mass is 363 g/mol. The molecule has 0 amide bonds. The zero-order valence-corrected chi connectivity index (χ0v) is 13.2. The second-order valence-electron chi connectivity index (χ2n) is 4.33. The maximum Gasteiger partial charge on any atom is 0.182 e. The lowest BCUT2D eigenvalue weighted by Crippen LogP contribution is -1.97. The average Bonchev–Trinajstić information content (AvgIpc) is 2.96. The van der Waals surface area contributed by atoms with Crippen molar-refractivity contribution in [2.45, 2.75) is 6.61 Å². The maximum absolute atomic E-state index is 6.13. The lowest BCUT2D eigenvalue weighted by Gasteiger charge is -2.03. The Bertz CT molecular complexity index is 743. The third-order valence-corrected chi connectivity index (χ3v) is 3.69. The molecule has 1 heterocycles. The van der Waals surface area contributed by atoms with Crippen LogP contribution in [-0.4, -0.2) is 15.2 Å². The fourth-order valence-electron chi connectivity index (χ4n) is 1.81. The van der Waals surface area contributed by atoms with Crippen LogP contribution in [0.25, 0.3) is 11.4 Å². The topological polar surface area (TPSA) is 50.8 Å². The van der Waals surface area contributed by atoms with Crippen LogP contribution in [0, 0.1) is 0 Å². The van der Waals surface area contributed by atoms with Gasteiger partial charge in [0.25, 0.3) is 0 Å². The smallest absolute Gasteiger partial charge is 0.182 e. The van der Waals surface area contributed by atoms with Crippen molar-refractivity contribution in [3.8, 4) is 17.1 Å². The fourth-order valence-corrected chi connectivity index (χ4v) is 2.29. The van der Waals surface area contributed by atoms with Gasteiger partial charge in [-0.15, -0.1) is 0 Å². The van der Waals surface area contributed by atoms with Crippen LogP contribution in [0.3, 0.4) is 0 Å². The van der Waals surface area contributed by atoms with Crippen LogP contribution in [0.4, 0.5) is 0 Å². The molecule has 106 valence electrons. The zero-order chi connectivity index (χ0) is 14.7. The quantitative estimate of drug-likeness (QED) is 0.743. The molecular formula is C15H11BrClN3O. The van der Waals surface area contributed by atoms with Crippen LogP contribution >= 0.6 is 27.5 Å². The number of hydrogen-bond donors (Lipinski definition) is 1. The van der Waals surface area contributed by atoms with E-state index in [1.165, 1.54) is 0 Å². The molecule has 0 atom stereocenters. The zero-order valence-electron chi connectivity index (χ0n) is 10.9. The first-order valence-electron chi connectivity index (χ1n) is 6.27. The molecule has 3 rings (SSSR count). The number of benzene rings is 2. The summed E-state index contributed by atoms with van der Waals surface area (Å²) >= 11 is 9.51. The van der Waals surface area contributed by atoms with Crippen LogP contribution in [0.15, 0.2) is 53.0 Å². The van der Waals surface area contributed by atoms with E-state index in [4.69, 9.17) is 16.3 Å². The molecule has 0 aliphatic carbocycles. The summed E-state index contributed by atoms with van der Waals surface area (Å²) in [4.78, 5) is 4.39. The van der Waals surface area contributed by atoms with Crippen LogP contribution in [0.1, 0.15) is 5.82 Å². The van der Waals surface area contributed by atoms with Crippen molar-refractivity contribution in [2.75, 3.05) is 0 Å². The second kappa shape index (κ2) is 6.28. The molecule has 6 heteroatoms. The minimum Gasteiger partial charge on any atom is -0.486 e. The van der Waals surface area contributed by atoms with Crippen molar-refractivity contribution in [3.63, 3.8) is 0 Å². The number of aromatic amines is 1. The summed E-state index contributed by atoms with van der Waals surface area (Å²) in [7, 11) is 0. The van der Waals surface area contributed by atoms with Crippen LogP contribution < -0.4 is 4.74 Å². The Labute approximate surface area is 135 Å². The van der Waals surface area contributed by atoms with E-state index in [9.17, 15) is 0 Å². The molecule has 21 heavy (non-hydrogen) atoms. The van der Waals surface area contributed by atoms with Gasteiger partial charge in [-0.1, -0.05) is 39.7 Å². The van der Waals surface area contributed by atoms with Crippen molar-refractivity contribution < 1.29 is 4.74 Å². The predicted octanol–water partition coefficient (Wildman–Crippen LogP) is 4.47. The highest BCUT2D eigenvalue weighted by Crippen LogP contribution is 2.24. The SMILES string of the molecule is Clc1ccccc1-c1n[nH]c(COc2ccc(Br)cc2)n1. The van der Waals surface area contributed by atoms with Crippen molar-refractivity contribution in [1.82, 2.24) is 15.2 Å². The Kier molecular flexibility index (Phi) is 4.22. The highest BCUT2D eigenvalue weighted by Gasteiger charge is 2.09. The molecular weight excluding hydrogens is 354 g/mol. The van der Waals surface area contributed by atoms with Crippen LogP contribution in [0.5, 0.6) is 5.75 Å².